The molecule has 0 saturated heterocycles. The minimum absolute atomic E-state index is 0.153. The van der Waals surface area contributed by atoms with Gasteiger partial charge in [-0.2, -0.15) is 0 Å². The fourth-order valence-corrected chi connectivity index (χ4v) is 3.55. The first-order valence-electron chi connectivity index (χ1n) is 8.84. The number of carbonyl (C=O) groups excluding carboxylic acids is 1. The summed E-state index contributed by atoms with van der Waals surface area (Å²) in [6.45, 7) is 3.49. The Morgan fingerprint density at radius 1 is 1.07 bits per heavy atom. The van der Waals surface area contributed by atoms with E-state index in [1.165, 1.54) is 35.6 Å². The van der Waals surface area contributed by atoms with Gasteiger partial charge in [-0.15, -0.1) is 21.5 Å². The summed E-state index contributed by atoms with van der Waals surface area (Å²) in [7, 11) is 0. The first-order valence-corrected chi connectivity index (χ1v) is 9.66. The number of ether oxygens (including phenoxy) is 1. The van der Waals surface area contributed by atoms with Gasteiger partial charge in [-0.3, -0.25) is 0 Å². The summed E-state index contributed by atoms with van der Waals surface area (Å²) < 4.78 is 24.2. The Hall–Kier alpha value is -3.39. The van der Waals surface area contributed by atoms with Crippen molar-refractivity contribution >= 4 is 17.3 Å². The molecule has 6 nitrogen and oxygen atoms in total. The molecule has 2 aromatic heterocycles. The first kappa shape index (κ1) is 18.9. The van der Waals surface area contributed by atoms with Crippen LogP contribution in [0.5, 0.6) is 0 Å². The number of hydrogen-bond donors (Lipinski definition) is 0. The molecule has 0 spiro atoms. The molecule has 2 heterocycles. The van der Waals surface area contributed by atoms with E-state index in [1.54, 1.807) is 6.92 Å². The van der Waals surface area contributed by atoms with E-state index in [0.29, 0.717) is 16.1 Å². The third kappa shape index (κ3) is 4.07. The molecule has 2 aromatic carbocycles. The van der Waals surface area contributed by atoms with Gasteiger partial charge < -0.3 is 9.15 Å². The van der Waals surface area contributed by atoms with Gasteiger partial charge in [0.2, 0.25) is 5.89 Å². The number of thiazole rings is 1. The number of carbonyl (C=O) groups is 1. The molecule has 0 N–H and O–H groups in total. The number of rotatable bonds is 5. The van der Waals surface area contributed by atoms with Crippen molar-refractivity contribution in [2.75, 3.05) is 0 Å². The maximum absolute atomic E-state index is 13.1. The lowest BCUT2D eigenvalue weighted by Crippen LogP contribution is -2.09. The van der Waals surface area contributed by atoms with Crippen LogP contribution >= 0.6 is 11.3 Å². The molecule has 4 rings (SSSR count). The molecule has 0 fully saturated rings. The minimum atomic E-state index is -0.754. The van der Waals surface area contributed by atoms with Crippen molar-refractivity contribution < 1.29 is 18.3 Å². The summed E-state index contributed by atoms with van der Waals surface area (Å²) in [6.07, 6.45) is -0.754. The second-order valence-electron chi connectivity index (χ2n) is 6.28. The predicted molar refractivity (Wildman–Crippen MR) is 106 cm³/mol. The molecule has 0 unspecified atom stereocenters. The molecule has 1 atom stereocenters. The average molecular weight is 409 g/mol. The highest BCUT2D eigenvalue weighted by molar-refractivity contribution is 7.14. The largest absolute Gasteiger partial charge is 0.448 e. The Labute approximate surface area is 170 Å². The molecule has 146 valence electrons. The van der Waals surface area contributed by atoms with Gasteiger partial charge in [0.15, 0.2) is 6.10 Å². The standard InChI is InChI=1S/C21H16FN3O3S/c1-12(19-24-25-20(28-19)15-8-10-16(22)11-9-15)27-21(26)18-17(23-13(2)29-18)14-6-4-3-5-7-14/h3-12H,1-2H3/t12-/m0/s1. The van der Waals surface area contributed by atoms with Gasteiger partial charge in [0.05, 0.1) is 10.7 Å². The van der Waals surface area contributed by atoms with Crippen molar-refractivity contribution in [1.82, 2.24) is 15.2 Å². The van der Waals surface area contributed by atoms with E-state index in [2.05, 4.69) is 15.2 Å². The van der Waals surface area contributed by atoms with Crippen LogP contribution in [0.2, 0.25) is 0 Å². The van der Waals surface area contributed by atoms with Crippen molar-refractivity contribution in [3.05, 3.63) is 76.2 Å². The maximum Gasteiger partial charge on any atom is 0.351 e. The second-order valence-corrected chi connectivity index (χ2v) is 7.48. The Bertz CT molecular complexity index is 1140. The summed E-state index contributed by atoms with van der Waals surface area (Å²) >= 11 is 1.27. The van der Waals surface area contributed by atoms with Crippen molar-refractivity contribution in [3.63, 3.8) is 0 Å². The third-order valence-electron chi connectivity index (χ3n) is 4.13. The fourth-order valence-electron chi connectivity index (χ4n) is 2.73. The molecule has 0 bridgehead atoms. The number of nitrogens with zero attached hydrogens (tertiary/aromatic N) is 3. The molecule has 0 radical (unpaired) electrons. The van der Waals surface area contributed by atoms with Crippen molar-refractivity contribution in [3.8, 4) is 22.7 Å². The van der Waals surface area contributed by atoms with E-state index in [4.69, 9.17) is 9.15 Å². The lowest BCUT2D eigenvalue weighted by Gasteiger charge is -2.09. The van der Waals surface area contributed by atoms with Crippen molar-refractivity contribution in [2.45, 2.75) is 20.0 Å². The quantitative estimate of drug-likeness (QED) is 0.420. The summed E-state index contributed by atoms with van der Waals surface area (Å²) in [5.41, 5.74) is 2.00. The van der Waals surface area contributed by atoms with Crippen LogP contribution in [-0.4, -0.2) is 21.2 Å². The highest BCUT2D eigenvalue weighted by Gasteiger charge is 2.24. The van der Waals surface area contributed by atoms with E-state index in [0.717, 1.165) is 10.6 Å². The first-order chi connectivity index (χ1) is 14.0. The van der Waals surface area contributed by atoms with Crippen molar-refractivity contribution in [1.29, 1.82) is 0 Å². The molecular weight excluding hydrogens is 393 g/mol. The van der Waals surface area contributed by atoms with E-state index in [9.17, 15) is 9.18 Å². The Kier molecular flexibility index (Phi) is 5.18. The van der Waals surface area contributed by atoms with Crippen LogP contribution in [0.3, 0.4) is 0 Å². The molecule has 0 aliphatic carbocycles. The molecule has 29 heavy (non-hydrogen) atoms. The van der Waals surface area contributed by atoms with Crippen LogP contribution in [-0.2, 0) is 4.74 Å². The molecule has 0 aliphatic rings. The van der Waals surface area contributed by atoms with E-state index in [1.807, 2.05) is 37.3 Å². The van der Waals surface area contributed by atoms with Gasteiger partial charge >= 0.3 is 5.97 Å². The van der Waals surface area contributed by atoms with Gasteiger partial charge in [-0.25, -0.2) is 14.2 Å². The molecule has 0 aliphatic heterocycles. The van der Waals surface area contributed by atoms with Crippen LogP contribution < -0.4 is 0 Å². The molecular formula is C21H16FN3O3S. The number of benzene rings is 2. The van der Waals surface area contributed by atoms with Gasteiger partial charge in [0.1, 0.15) is 10.7 Å². The van der Waals surface area contributed by atoms with Crippen LogP contribution in [0.4, 0.5) is 4.39 Å². The van der Waals surface area contributed by atoms with Crippen molar-refractivity contribution in [2.24, 2.45) is 0 Å². The zero-order valence-electron chi connectivity index (χ0n) is 15.6. The molecule has 0 amide bonds. The monoisotopic (exact) mass is 409 g/mol. The van der Waals surface area contributed by atoms with Gasteiger partial charge in [0.25, 0.3) is 5.89 Å². The Balaban J connectivity index is 1.53. The smallest absolute Gasteiger partial charge is 0.351 e. The minimum Gasteiger partial charge on any atom is -0.448 e. The van der Waals surface area contributed by atoms with Gasteiger partial charge in [0, 0.05) is 11.1 Å². The lowest BCUT2D eigenvalue weighted by molar-refractivity contribution is 0.0286. The predicted octanol–water partition coefficient (Wildman–Crippen LogP) is 5.23. The fraction of sp³-hybridized carbons (Fsp3) is 0.143. The highest BCUT2D eigenvalue weighted by atomic mass is 32.1. The Morgan fingerprint density at radius 2 is 1.79 bits per heavy atom. The third-order valence-corrected chi connectivity index (χ3v) is 5.08. The van der Waals surface area contributed by atoms with E-state index < -0.39 is 12.1 Å². The van der Waals surface area contributed by atoms with Crippen LogP contribution in [0.25, 0.3) is 22.7 Å². The number of aromatic nitrogens is 3. The molecule has 8 heteroatoms. The number of esters is 1. The summed E-state index contributed by atoms with van der Waals surface area (Å²) in [5, 5.41) is 8.66. The van der Waals surface area contributed by atoms with Gasteiger partial charge in [-0.1, -0.05) is 30.3 Å². The maximum atomic E-state index is 13.1. The van der Waals surface area contributed by atoms with Gasteiger partial charge in [-0.05, 0) is 38.1 Å². The topological polar surface area (TPSA) is 78.1 Å². The summed E-state index contributed by atoms with van der Waals surface area (Å²) in [6, 6.07) is 15.1. The summed E-state index contributed by atoms with van der Waals surface area (Å²) in [5.74, 6) is -0.491. The van der Waals surface area contributed by atoms with Crippen LogP contribution in [0.1, 0.15) is 33.6 Å². The van der Waals surface area contributed by atoms with E-state index >= 15 is 0 Å². The molecule has 0 saturated carbocycles. The SMILES string of the molecule is Cc1nc(-c2ccccc2)c(C(=O)O[C@@H](C)c2nnc(-c3ccc(F)cc3)o2)s1. The zero-order valence-corrected chi connectivity index (χ0v) is 16.4. The molecule has 4 aromatic rings. The zero-order chi connectivity index (χ0) is 20.4. The summed E-state index contributed by atoms with van der Waals surface area (Å²) in [4.78, 5) is 17.7. The van der Waals surface area contributed by atoms with Crippen LogP contribution in [0, 0.1) is 12.7 Å². The van der Waals surface area contributed by atoms with Crippen LogP contribution in [0.15, 0.2) is 59.0 Å². The Morgan fingerprint density at radius 3 is 2.52 bits per heavy atom. The second kappa shape index (κ2) is 7.92. The number of hydrogen-bond acceptors (Lipinski definition) is 7. The number of halogens is 1. The average Bonchev–Trinajstić information content (AvgIpc) is 3.36. The highest BCUT2D eigenvalue weighted by Crippen LogP contribution is 2.30. The van der Waals surface area contributed by atoms with E-state index in [-0.39, 0.29) is 17.6 Å². The number of aryl methyl sites for hydroxylation is 1. The lowest BCUT2D eigenvalue weighted by atomic mass is 10.1. The normalized spacial score (nSPS) is 12.0.